The first-order valence-electron chi connectivity index (χ1n) is 9.44. The van der Waals surface area contributed by atoms with E-state index in [1.807, 2.05) is 18.2 Å². The predicted octanol–water partition coefficient (Wildman–Crippen LogP) is 1.92. The average Bonchev–Trinajstić information content (AvgIpc) is 3.20. The Morgan fingerprint density at radius 3 is 2.62 bits per heavy atom. The van der Waals surface area contributed by atoms with E-state index in [0.29, 0.717) is 30.8 Å². The van der Waals surface area contributed by atoms with Crippen molar-refractivity contribution >= 4 is 27.5 Å². The monoisotopic (exact) mass is 419 g/mol. The van der Waals surface area contributed by atoms with Crippen molar-refractivity contribution in [1.29, 1.82) is 0 Å². The first kappa shape index (κ1) is 21.1. The summed E-state index contributed by atoms with van der Waals surface area (Å²) in [6, 6.07) is 12.4. The fourth-order valence-electron chi connectivity index (χ4n) is 3.40. The van der Waals surface area contributed by atoms with E-state index < -0.39 is 15.9 Å². The molecule has 156 valence electrons. The van der Waals surface area contributed by atoms with Gasteiger partial charge in [0.15, 0.2) is 0 Å². The first-order valence-corrected chi connectivity index (χ1v) is 11.3. The molecule has 29 heavy (non-hydrogen) atoms. The lowest BCUT2D eigenvalue weighted by molar-refractivity contribution is -0.140. The van der Waals surface area contributed by atoms with Gasteiger partial charge in [-0.3, -0.25) is 9.59 Å². The van der Waals surface area contributed by atoms with E-state index in [1.165, 1.54) is 15.5 Å². The van der Waals surface area contributed by atoms with Gasteiger partial charge in [0.25, 0.3) is 0 Å². The van der Waals surface area contributed by atoms with Gasteiger partial charge in [0.2, 0.25) is 21.8 Å². The molecule has 1 aliphatic heterocycles. The zero-order valence-corrected chi connectivity index (χ0v) is 17.1. The number of anilines is 1. The molecule has 2 heterocycles. The van der Waals surface area contributed by atoms with Gasteiger partial charge < -0.3 is 14.6 Å². The molecule has 1 aromatic heterocycles. The van der Waals surface area contributed by atoms with Crippen molar-refractivity contribution in [2.24, 2.45) is 5.92 Å². The minimum absolute atomic E-state index is 0.132. The van der Waals surface area contributed by atoms with Crippen LogP contribution in [0, 0.1) is 5.92 Å². The van der Waals surface area contributed by atoms with Crippen LogP contribution < -0.4 is 5.32 Å². The van der Waals surface area contributed by atoms with Crippen LogP contribution >= 0.6 is 0 Å². The third-order valence-corrected chi connectivity index (χ3v) is 6.10. The van der Waals surface area contributed by atoms with Gasteiger partial charge in [-0.05, 0) is 37.1 Å². The smallest absolute Gasteiger partial charge is 0.244 e. The van der Waals surface area contributed by atoms with Crippen LogP contribution in [0.25, 0.3) is 0 Å². The molecule has 0 spiro atoms. The summed E-state index contributed by atoms with van der Waals surface area (Å²) < 4.78 is 30.4. The molecule has 1 saturated heterocycles. The molecule has 0 saturated carbocycles. The number of sulfonamides is 1. The molecule has 1 unspecified atom stereocenters. The van der Waals surface area contributed by atoms with Gasteiger partial charge in [0.05, 0.1) is 25.0 Å². The van der Waals surface area contributed by atoms with E-state index in [1.54, 1.807) is 24.3 Å². The molecule has 1 aliphatic rings. The van der Waals surface area contributed by atoms with E-state index in [4.69, 9.17) is 4.42 Å². The number of rotatable bonds is 7. The molecule has 1 aromatic carbocycles. The number of nitrogens with one attached hydrogen (secondary N) is 1. The van der Waals surface area contributed by atoms with E-state index >= 15 is 0 Å². The molecule has 1 N–H and O–H groups in total. The summed E-state index contributed by atoms with van der Waals surface area (Å²) in [7, 11) is -3.37. The fraction of sp³-hybridized carbons (Fsp3) is 0.400. The van der Waals surface area contributed by atoms with Gasteiger partial charge in [-0.25, -0.2) is 12.7 Å². The Kier molecular flexibility index (Phi) is 6.71. The highest BCUT2D eigenvalue weighted by atomic mass is 32.2. The highest BCUT2D eigenvalue weighted by molar-refractivity contribution is 7.88. The Morgan fingerprint density at radius 1 is 1.21 bits per heavy atom. The van der Waals surface area contributed by atoms with Crippen LogP contribution in [0.4, 0.5) is 5.69 Å². The lowest BCUT2D eigenvalue weighted by atomic mass is 9.98. The number of hydrogen-bond donors (Lipinski definition) is 1. The van der Waals surface area contributed by atoms with Crippen LogP contribution in [0.1, 0.15) is 18.6 Å². The molecule has 8 nitrogen and oxygen atoms in total. The van der Waals surface area contributed by atoms with Gasteiger partial charge in [-0.15, -0.1) is 0 Å². The SMILES string of the molecule is CS(=O)(=O)N1CCCC(C(=O)N(CC(=O)Nc2ccccc2)Cc2ccco2)C1. The summed E-state index contributed by atoms with van der Waals surface area (Å²) in [4.78, 5) is 27.1. The Morgan fingerprint density at radius 2 is 1.97 bits per heavy atom. The second kappa shape index (κ2) is 9.23. The number of nitrogens with zero attached hydrogens (tertiary/aromatic N) is 2. The summed E-state index contributed by atoms with van der Waals surface area (Å²) in [6.45, 7) is 0.537. The third-order valence-electron chi connectivity index (χ3n) is 4.83. The van der Waals surface area contributed by atoms with Gasteiger partial charge in [-0.2, -0.15) is 0 Å². The van der Waals surface area contributed by atoms with E-state index in [9.17, 15) is 18.0 Å². The second-order valence-electron chi connectivity index (χ2n) is 7.15. The molecule has 1 fully saturated rings. The summed E-state index contributed by atoms with van der Waals surface area (Å²) >= 11 is 0. The third kappa shape index (κ3) is 5.91. The van der Waals surface area contributed by atoms with Crippen LogP contribution in [0.5, 0.6) is 0 Å². The standard InChI is InChI=1S/C20H25N3O5S/c1-29(26,27)23-11-5-7-16(13-23)20(25)22(14-18-10-6-12-28-18)15-19(24)21-17-8-3-2-4-9-17/h2-4,6,8-10,12,16H,5,7,11,13-15H2,1H3,(H,21,24). The van der Waals surface area contributed by atoms with Crippen molar-refractivity contribution < 1.29 is 22.4 Å². The average molecular weight is 420 g/mol. The quantitative estimate of drug-likeness (QED) is 0.739. The van der Waals surface area contributed by atoms with E-state index in [-0.39, 0.29) is 31.4 Å². The van der Waals surface area contributed by atoms with Crippen LogP contribution in [-0.4, -0.2) is 55.3 Å². The molecule has 2 amide bonds. The summed E-state index contributed by atoms with van der Waals surface area (Å²) in [5, 5.41) is 2.77. The number of furan rings is 1. The summed E-state index contributed by atoms with van der Waals surface area (Å²) in [5.41, 5.74) is 0.642. The normalized spacial score (nSPS) is 17.6. The Bertz CT molecular complexity index is 928. The molecule has 9 heteroatoms. The highest BCUT2D eigenvalue weighted by Gasteiger charge is 2.33. The topological polar surface area (TPSA) is 99.9 Å². The van der Waals surface area contributed by atoms with Crippen molar-refractivity contribution in [3.63, 3.8) is 0 Å². The highest BCUT2D eigenvalue weighted by Crippen LogP contribution is 2.22. The Labute approximate surface area is 170 Å². The second-order valence-corrected chi connectivity index (χ2v) is 9.13. The summed E-state index contributed by atoms with van der Waals surface area (Å²) in [6.07, 6.45) is 3.84. The number of benzene rings is 1. The van der Waals surface area contributed by atoms with Gasteiger partial charge in [-0.1, -0.05) is 18.2 Å². The van der Waals surface area contributed by atoms with Gasteiger partial charge >= 0.3 is 0 Å². The number of carbonyl (C=O) groups excluding carboxylic acids is 2. The first-order chi connectivity index (χ1) is 13.8. The maximum atomic E-state index is 13.2. The Hall–Kier alpha value is -2.65. The van der Waals surface area contributed by atoms with Crippen LogP contribution in [0.3, 0.4) is 0 Å². The molecule has 0 radical (unpaired) electrons. The number of amides is 2. The lowest BCUT2D eigenvalue weighted by Crippen LogP contribution is -2.47. The van der Waals surface area contributed by atoms with E-state index in [2.05, 4.69) is 5.32 Å². The number of carbonyl (C=O) groups is 2. The maximum absolute atomic E-state index is 13.2. The van der Waals surface area contributed by atoms with Crippen LogP contribution in [0.2, 0.25) is 0 Å². The molecule has 2 aromatic rings. The van der Waals surface area contributed by atoms with Crippen molar-refractivity contribution in [3.8, 4) is 0 Å². The minimum atomic E-state index is -3.37. The number of piperidine rings is 1. The minimum Gasteiger partial charge on any atom is -0.467 e. The predicted molar refractivity (Wildman–Crippen MR) is 108 cm³/mol. The van der Waals surface area contributed by atoms with Crippen LogP contribution in [0.15, 0.2) is 53.1 Å². The Balaban J connectivity index is 1.72. The zero-order chi connectivity index (χ0) is 20.9. The molecule has 1 atom stereocenters. The number of hydrogen-bond acceptors (Lipinski definition) is 5. The van der Waals surface area contributed by atoms with Crippen molar-refractivity contribution in [2.75, 3.05) is 31.2 Å². The maximum Gasteiger partial charge on any atom is 0.244 e. The van der Waals surface area contributed by atoms with Crippen LogP contribution in [-0.2, 0) is 26.2 Å². The molecule has 3 rings (SSSR count). The zero-order valence-electron chi connectivity index (χ0n) is 16.3. The van der Waals surface area contributed by atoms with E-state index in [0.717, 1.165) is 6.26 Å². The molecular weight excluding hydrogens is 394 g/mol. The fourth-order valence-corrected chi connectivity index (χ4v) is 4.31. The summed E-state index contributed by atoms with van der Waals surface area (Å²) in [5.74, 6) is -0.510. The molecule has 0 aliphatic carbocycles. The van der Waals surface area contributed by atoms with Crippen molar-refractivity contribution in [2.45, 2.75) is 19.4 Å². The van der Waals surface area contributed by atoms with Gasteiger partial charge in [0, 0.05) is 18.8 Å². The van der Waals surface area contributed by atoms with Crippen molar-refractivity contribution in [3.05, 3.63) is 54.5 Å². The molecular formula is C20H25N3O5S. The van der Waals surface area contributed by atoms with Crippen molar-refractivity contribution in [1.82, 2.24) is 9.21 Å². The van der Waals surface area contributed by atoms with Gasteiger partial charge in [0.1, 0.15) is 12.3 Å². The number of para-hydroxylation sites is 1. The molecule has 0 bridgehead atoms. The largest absolute Gasteiger partial charge is 0.467 e. The lowest BCUT2D eigenvalue weighted by Gasteiger charge is -2.33.